The van der Waals surface area contributed by atoms with Crippen LogP contribution in [0.3, 0.4) is 0 Å². The molecule has 8 atom stereocenters. The van der Waals surface area contributed by atoms with Gasteiger partial charge in [0.2, 0.25) is 5.78 Å². The molecule has 4 aliphatic carbocycles. The lowest BCUT2D eigenvalue weighted by molar-refractivity contribution is -0.220. The van der Waals surface area contributed by atoms with Gasteiger partial charge in [0, 0.05) is 29.2 Å². The lowest BCUT2D eigenvalue weighted by Crippen LogP contribution is -2.71. The first-order chi connectivity index (χ1) is 15.8. The zero-order valence-electron chi connectivity index (χ0n) is 19.7. The Kier molecular flexibility index (Phi) is 5.66. The third kappa shape index (κ3) is 2.82. The highest BCUT2D eigenvalue weighted by molar-refractivity contribution is 6.10. The molecule has 3 saturated carbocycles. The van der Waals surface area contributed by atoms with E-state index in [1.807, 2.05) is 0 Å². The monoisotopic (exact) mass is 480 g/mol. The van der Waals surface area contributed by atoms with Gasteiger partial charge in [-0.1, -0.05) is 19.9 Å². The molecule has 7 nitrogen and oxygen atoms in total. The molecule has 0 saturated heterocycles. The van der Waals surface area contributed by atoms with Gasteiger partial charge < -0.3 is 14.6 Å². The van der Waals surface area contributed by atoms with E-state index in [4.69, 9.17) is 9.47 Å². The van der Waals surface area contributed by atoms with Crippen molar-refractivity contribution in [1.82, 2.24) is 0 Å². The quantitative estimate of drug-likeness (QED) is 0.616. The maximum absolute atomic E-state index is 17.2. The van der Waals surface area contributed by atoms with Crippen molar-refractivity contribution in [3.63, 3.8) is 0 Å². The summed E-state index contributed by atoms with van der Waals surface area (Å²) in [6.45, 7) is 4.82. The van der Waals surface area contributed by atoms with E-state index in [0.29, 0.717) is 0 Å². The average Bonchev–Trinajstić information content (AvgIpc) is 2.99. The second-order valence-electron chi connectivity index (χ2n) is 10.5. The minimum absolute atomic E-state index is 0.0151. The van der Waals surface area contributed by atoms with Gasteiger partial charge in [0.05, 0.1) is 18.1 Å². The van der Waals surface area contributed by atoms with Crippen LogP contribution in [0.25, 0.3) is 0 Å². The number of carbonyl (C=O) groups excluding carboxylic acids is 4. The standard InChI is InChI=1S/C25H30F2O7/c1-5-33-21(32)34-25(20(31)12-26)13(2)8-15-16-10-18(29)17-9-14(28)6-7-22(17,3)24(16,27)19(30)11-23(15,25)4/h6-7,9,13,15-16,19,30H,5,8,10-12H2,1-4H3/t13-,15-,16-,19-,22-,23-,24-,25-/m0/s1. The maximum atomic E-state index is 17.2. The molecule has 0 aromatic carbocycles. The van der Waals surface area contributed by atoms with Gasteiger partial charge in [-0.25, -0.2) is 13.6 Å². The van der Waals surface area contributed by atoms with Crippen molar-refractivity contribution in [2.24, 2.45) is 28.6 Å². The summed E-state index contributed by atoms with van der Waals surface area (Å²) in [6.07, 6.45) is 0.416. The van der Waals surface area contributed by atoms with E-state index in [9.17, 15) is 28.7 Å². The SMILES string of the molecule is CCOC(=O)O[C@]1(C(=O)CF)[C@@H](C)C[C@H]2[C@@H]3CC(=O)C4=CC(=O)C=C[C@]4(C)[C@@]3(F)[C@@H](O)C[C@@]21C. The van der Waals surface area contributed by atoms with Gasteiger partial charge in [-0.05, 0) is 44.8 Å². The number of rotatable bonds is 4. The predicted octanol–water partition coefficient (Wildman–Crippen LogP) is 3.23. The topological polar surface area (TPSA) is 107 Å². The third-order valence-corrected chi connectivity index (χ3v) is 9.07. The number of aliphatic hydroxyl groups excluding tert-OH is 1. The molecule has 0 amide bonds. The lowest BCUT2D eigenvalue weighted by Gasteiger charge is -2.62. The average molecular weight is 481 g/mol. The number of aliphatic hydroxyl groups is 1. The van der Waals surface area contributed by atoms with Crippen LogP contribution in [0.15, 0.2) is 23.8 Å². The number of allylic oxidation sites excluding steroid dienone is 4. The first-order valence-corrected chi connectivity index (χ1v) is 11.6. The molecule has 0 spiro atoms. The van der Waals surface area contributed by atoms with E-state index in [1.54, 1.807) is 20.8 Å². The Morgan fingerprint density at radius 2 is 1.91 bits per heavy atom. The van der Waals surface area contributed by atoms with E-state index in [2.05, 4.69) is 0 Å². The smallest absolute Gasteiger partial charge is 0.435 e. The Morgan fingerprint density at radius 1 is 1.24 bits per heavy atom. The van der Waals surface area contributed by atoms with E-state index < -0.39 is 76.1 Å². The van der Waals surface area contributed by atoms with Gasteiger partial charge in [0.25, 0.3) is 0 Å². The van der Waals surface area contributed by atoms with Crippen LogP contribution < -0.4 is 0 Å². The number of alkyl halides is 2. The summed E-state index contributed by atoms with van der Waals surface area (Å²) in [5.41, 5.74) is -7.20. The second kappa shape index (κ2) is 7.80. The van der Waals surface area contributed by atoms with Gasteiger partial charge >= 0.3 is 6.16 Å². The molecular formula is C25H30F2O7. The molecule has 186 valence electrons. The zero-order valence-corrected chi connectivity index (χ0v) is 19.7. The van der Waals surface area contributed by atoms with E-state index >= 15 is 4.39 Å². The Balaban J connectivity index is 1.87. The highest BCUT2D eigenvalue weighted by Gasteiger charge is 2.78. The summed E-state index contributed by atoms with van der Waals surface area (Å²) >= 11 is 0. The second-order valence-corrected chi connectivity index (χ2v) is 10.5. The fourth-order valence-corrected chi connectivity index (χ4v) is 7.61. The number of hydrogen-bond acceptors (Lipinski definition) is 7. The van der Waals surface area contributed by atoms with Crippen LogP contribution in [0.4, 0.5) is 13.6 Å². The van der Waals surface area contributed by atoms with E-state index in [0.717, 1.165) is 6.08 Å². The summed E-state index contributed by atoms with van der Waals surface area (Å²) in [6, 6.07) is 0. The van der Waals surface area contributed by atoms with Gasteiger partial charge in [0.1, 0.15) is 0 Å². The number of Topliss-reactive ketones (excluding diaryl/α,β-unsaturated/α-hetero) is 2. The predicted molar refractivity (Wildman–Crippen MR) is 115 cm³/mol. The van der Waals surface area contributed by atoms with Crippen LogP contribution >= 0.6 is 0 Å². The molecule has 4 rings (SSSR count). The van der Waals surface area contributed by atoms with Crippen LogP contribution in [0, 0.1) is 28.6 Å². The number of carbonyl (C=O) groups is 4. The normalized spacial score (nSPS) is 45.1. The van der Waals surface area contributed by atoms with Crippen molar-refractivity contribution in [3.8, 4) is 0 Å². The lowest BCUT2D eigenvalue weighted by atomic mass is 9.44. The summed E-state index contributed by atoms with van der Waals surface area (Å²) in [5.74, 6) is -4.27. The zero-order chi connectivity index (χ0) is 25.3. The largest absolute Gasteiger partial charge is 0.509 e. The van der Waals surface area contributed by atoms with Crippen LogP contribution in [0.2, 0.25) is 0 Å². The summed E-state index contributed by atoms with van der Waals surface area (Å²) < 4.78 is 41.5. The highest BCUT2D eigenvalue weighted by atomic mass is 19.1. The van der Waals surface area contributed by atoms with E-state index in [-0.39, 0.29) is 31.4 Å². The van der Waals surface area contributed by atoms with E-state index in [1.165, 1.54) is 19.1 Å². The van der Waals surface area contributed by atoms with Crippen LogP contribution in [0.1, 0.15) is 47.0 Å². The molecule has 1 N–H and O–H groups in total. The Hall–Kier alpha value is -2.42. The summed E-state index contributed by atoms with van der Waals surface area (Å²) in [5, 5.41) is 11.3. The number of fused-ring (bicyclic) bond motifs is 5. The Labute approximate surface area is 196 Å². The molecule has 0 aromatic heterocycles. The van der Waals surface area contributed by atoms with Crippen molar-refractivity contribution in [1.29, 1.82) is 0 Å². The van der Waals surface area contributed by atoms with Gasteiger partial charge in [-0.3, -0.25) is 14.4 Å². The molecule has 0 radical (unpaired) electrons. The fourth-order valence-electron chi connectivity index (χ4n) is 7.61. The maximum Gasteiger partial charge on any atom is 0.509 e. The Morgan fingerprint density at radius 3 is 2.53 bits per heavy atom. The van der Waals surface area contributed by atoms with Gasteiger partial charge in [-0.15, -0.1) is 0 Å². The van der Waals surface area contributed by atoms with Crippen LogP contribution in [-0.2, 0) is 23.9 Å². The number of hydrogen-bond donors (Lipinski definition) is 1. The molecule has 0 aliphatic heterocycles. The molecule has 4 aliphatic rings. The van der Waals surface area contributed by atoms with Crippen LogP contribution in [-0.4, -0.2) is 59.3 Å². The van der Waals surface area contributed by atoms with Crippen molar-refractivity contribution in [2.75, 3.05) is 13.3 Å². The van der Waals surface area contributed by atoms with Crippen molar-refractivity contribution < 1.29 is 42.5 Å². The molecule has 0 unspecified atom stereocenters. The summed E-state index contributed by atoms with van der Waals surface area (Å²) in [4.78, 5) is 50.5. The molecule has 0 bridgehead atoms. The number of halogens is 2. The number of ketones is 3. The first-order valence-electron chi connectivity index (χ1n) is 11.6. The van der Waals surface area contributed by atoms with Crippen molar-refractivity contribution in [3.05, 3.63) is 23.8 Å². The van der Waals surface area contributed by atoms with Gasteiger partial charge in [0.15, 0.2) is 29.5 Å². The molecule has 34 heavy (non-hydrogen) atoms. The van der Waals surface area contributed by atoms with Crippen LogP contribution in [0.5, 0.6) is 0 Å². The number of ether oxygens (including phenoxy) is 2. The molecular weight excluding hydrogens is 450 g/mol. The molecule has 9 heteroatoms. The minimum Gasteiger partial charge on any atom is -0.435 e. The molecule has 0 heterocycles. The highest BCUT2D eigenvalue weighted by Crippen LogP contribution is 2.71. The van der Waals surface area contributed by atoms with Crippen molar-refractivity contribution >= 4 is 23.5 Å². The van der Waals surface area contributed by atoms with Crippen molar-refractivity contribution in [2.45, 2.75) is 64.3 Å². The Bertz CT molecular complexity index is 1020. The fraction of sp³-hybridized carbons (Fsp3) is 0.680. The molecule has 0 aromatic rings. The molecule has 3 fully saturated rings. The summed E-state index contributed by atoms with van der Waals surface area (Å²) in [7, 11) is 0. The van der Waals surface area contributed by atoms with Gasteiger partial charge in [-0.2, -0.15) is 0 Å². The third-order valence-electron chi connectivity index (χ3n) is 9.07. The minimum atomic E-state index is -2.33. The first kappa shape index (κ1) is 24.7.